The van der Waals surface area contributed by atoms with Crippen LogP contribution in [0.4, 0.5) is 0 Å². The van der Waals surface area contributed by atoms with Crippen LogP contribution in [0.25, 0.3) is 0 Å². The van der Waals surface area contributed by atoms with Crippen LogP contribution in [0, 0.1) is 12.8 Å². The highest BCUT2D eigenvalue weighted by Crippen LogP contribution is 2.30. The molecular weight excluding hydrogens is 312 g/mol. The van der Waals surface area contributed by atoms with Crippen LogP contribution < -0.4 is 0 Å². The Morgan fingerprint density at radius 2 is 1.85 bits per heavy atom. The minimum Gasteiger partial charge on any atom is -0.384 e. The van der Waals surface area contributed by atoms with Crippen LogP contribution in [-0.4, -0.2) is 5.11 Å². The van der Waals surface area contributed by atoms with Crippen LogP contribution in [-0.2, 0) is 6.42 Å². The molecule has 0 bridgehead atoms. The lowest BCUT2D eigenvalue weighted by atomic mass is 9.96. The highest BCUT2D eigenvalue weighted by atomic mass is 79.9. The standard InChI is InChI=1S/C18H21BrO/c1-12(2)9-14-5-4-6-15(11-14)18(20)16-8-7-13(3)10-17(16)19/h4-8,10-12,18,20H,9H2,1-3H3. The van der Waals surface area contributed by atoms with Crippen molar-refractivity contribution < 1.29 is 5.11 Å². The molecule has 1 nitrogen and oxygen atoms in total. The fourth-order valence-corrected chi connectivity index (χ4v) is 3.11. The van der Waals surface area contributed by atoms with E-state index in [0.717, 1.165) is 22.0 Å². The molecule has 0 aromatic heterocycles. The van der Waals surface area contributed by atoms with E-state index in [4.69, 9.17) is 0 Å². The zero-order valence-corrected chi connectivity index (χ0v) is 13.8. The third kappa shape index (κ3) is 3.71. The molecule has 2 aromatic rings. The van der Waals surface area contributed by atoms with E-state index in [9.17, 15) is 5.11 Å². The fraction of sp³-hybridized carbons (Fsp3) is 0.333. The van der Waals surface area contributed by atoms with E-state index in [0.29, 0.717) is 5.92 Å². The predicted octanol–water partition coefficient (Wildman–Crippen LogP) is 5.04. The molecule has 1 unspecified atom stereocenters. The molecular formula is C18H21BrO. The number of halogens is 1. The van der Waals surface area contributed by atoms with Gasteiger partial charge in [-0.25, -0.2) is 0 Å². The van der Waals surface area contributed by atoms with Crippen molar-refractivity contribution in [3.8, 4) is 0 Å². The molecule has 0 amide bonds. The number of hydrogen-bond donors (Lipinski definition) is 1. The molecule has 0 fully saturated rings. The second kappa shape index (κ2) is 6.55. The molecule has 1 atom stereocenters. The van der Waals surface area contributed by atoms with E-state index >= 15 is 0 Å². The minimum absolute atomic E-state index is 0.586. The number of hydrogen-bond acceptors (Lipinski definition) is 1. The summed E-state index contributed by atoms with van der Waals surface area (Å²) in [6.07, 6.45) is 0.451. The van der Waals surface area contributed by atoms with Gasteiger partial charge in [0.2, 0.25) is 0 Å². The minimum atomic E-state index is -0.586. The van der Waals surface area contributed by atoms with Crippen molar-refractivity contribution in [3.63, 3.8) is 0 Å². The molecule has 0 spiro atoms. The molecule has 0 aliphatic heterocycles. The van der Waals surface area contributed by atoms with Gasteiger partial charge in [-0.2, -0.15) is 0 Å². The highest BCUT2D eigenvalue weighted by molar-refractivity contribution is 9.10. The van der Waals surface area contributed by atoms with Crippen molar-refractivity contribution in [1.29, 1.82) is 0 Å². The van der Waals surface area contributed by atoms with Crippen molar-refractivity contribution in [3.05, 3.63) is 69.2 Å². The lowest BCUT2D eigenvalue weighted by molar-refractivity contribution is 0.219. The maximum atomic E-state index is 10.6. The Morgan fingerprint density at radius 3 is 2.50 bits per heavy atom. The second-order valence-corrected chi connectivity index (χ2v) is 6.62. The summed E-state index contributed by atoms with van der Waals surface area (Å²) in [5.41, 5.74) is 4.33. The lowest BCUT2D eigenvalue weighted by Gasteiger charge is -2.15. The van der Waals surface area contributed by atoms with Crippen molar-refractivity contribution >= 4 is 15.9 Å². The van der Waals surface area contributed by atoms with E-state index in [1.165, 1.54) is 11.1 Å². The summed E-state index contributed by atoms with van der Waals surface area (Å²) in [6.45, 7) is 6.46. The van der Waals surface area contributed by atoms with Crippen molar-refractivity contribution in [2.24, 2.45) is 5.92 Å². The van der Waals surface area contributed by atoms with Crippen LogP contribution in [0.15, 0.2) is 46.9 Å². The summed E-state index contributed by atoms with van der Waals surface area (Å²) in [7, 11) is 0. The van der Waals surface area contributed by atoms with Crippen LogP contribution >= 0.6 is 15.9 Å². The molecule has 0 aliphatic rings. The van der Waals surface area contributed by atoms with Crippen molar-refractivity contribution in [2.45, 2.75) is 33.3 Å². The van der Waals surface area contributed by atoms with E-state index in [1.807, 2.05) is 37.3 Å². The molecule has 0 heterocycles. The molecule has 0 radical (unpaired) electrons. The van der Waals surface area contributed by atoms with Gasteiger partial charge in [-0.15, -0.1) is 0 Å². The number of aliphatic hydroxyl groups excluding tert-OH is 1. The van der Waals surface area contributed by atoms with E-state index in [-0.39, 0.29) is 0 Å². The first-order valence-electron chi connectivity index (χ1n) is 7.00. The normalized spacial score (nSPS) is 12.7. The van der Waals surface area contributed by atoms with Gasteiger partial charge >= 0.3 is 0 Å². The SMILES string of the molecule is Cc1ccc(C(O)c2cccc(CC(C)C)c2)c(Br)c1. The smallest absolute Gasteiger partial charge is 0.105 e. The molecule has 2 rings (SSSR count). The Bertz CT molecular complexity index is 590. The molecule has 0 saturated heterocycles. The maximum absolute atomic E-state index is 10.6. The topological polar surface area (TPSA) is 20.2 Å². The van der Waals surface area contributed by atoms with E-state index in [1.54, 1.807) is 0 Å². The number of benzene rings is 2. The third-order valence-corrected chi connectivity index (χ3v) is 4.05. The summed E-state index contributed by atoms with van der Waals surface area (Å²) < 4.78 is 0.958. The van der Waals surface area contributed by atoms with Gasteiger partial charge in [-0.1, -0.05) is 66.2 Å². The van der Waals surface area contributed by atoms with Crippen LogP contribution in [0.3, 0.4) is 0 Å². The largest absolute Gasteiger partial charge is 0.384 e. The maximum Gasteiger partial charge on any atom is 0.105 e. The molecule has 0 saturated carbocycles. The first-order chi connectivity index (χ1) is 9.47. The first-order valence-corrected chi connectivity index (χ1v) is 7.79. The monoisotopic (exact) mass is 332 g/mol. The quantitative estimate of drug-likeness (QED) is 0.831. The lowest BCUT2D eigenvalue weighted by Crippen LogP contribution is -2.02. The van der Waals surface area contributed by atoms with Gasteiger partial charge in [0, 0.05) is 4.47 Å². The van der Waals surface area contributed by atoms with Crippen LogP contribution in [0.2, 0.25) is 0 Å². The molecule has 20 heavy (non-hydrogen) atoms. The highest BCUT2D eigenvalue weighted by Gasteiger charge is 2.14. The van der Waals surface area contributed by atoms with Gasteiger partial charge in [-0.05, 0) is 47.6 Å². The molecule has 0 aliphatic carbocycles. The summed E-state index contributed by atoms with van der Waals surface area (Å²) in [5, 5.41) is 10.6. The summed E-state index contributed by atoms with van der Waals surface area (Å²) >= 11 is 3.54. The molecule has 2 heteroatoms. The Balaban J connectivity index is 2.30. The number of aryl methyl sites for hydroxylation is 1. The molecule has 2 aromatic carbocycles. The Labute approximate surface area is 129 Å². The van der Waals surface area contributed by atoms with Gasteiger partial charge in [0.25, 0.3) is 0 Å². The van der Waals surface area contributed by atoms with Crippen molar-refractivity contribution in [1.82, 2.24) is 0 Å². The zero-order chi connectivity index (χ0) is 14.7. The van der Waals surface area contributed by atoms with Gasteiger partial charge in [0.15, 0.2) is 0 Å². The summed E-state index contributed by atoms with van der Waals surface area (Å²) in [4.78, 5) is 0. The van der Waals surface area contributed by atoms with Gasteiger partial charge in [0.05, 0.1) is 0 Å². The summed E-state index contributed by atoms with van der Waals surface area (Å²) in [5.74, 6) is 0.619. The van der Waals surface area contributed by atoms with E-state index < -0.39 is 6.10 Å². The van der Waals surface area contributed by atoms with Crippen LogP contribution in [0.5, 0.6) is 0 Å². The molecule has 1 N–H and O–H groups in total. The zero-order valence-electron chi connectivity index (χ0n) is 12.2. The van der Waals surface area contributed by atoms with Gasteiger partial charge in [-0.3, -0.25) is 0 Å². The predicted molar refractivity (Wildman–Crippen MR) is 87.9 cm³/mol. The second-order valence-electron chi connectivity index (χ2n) is 5.77. The van der Waals surface area contributed by atoms with Gasteiger partial charge in [0.1, 0.15) is 6.10 Å². The first kappa shape index (κ1) is 15.3. The Kier molecular flexibility index (Phi) is 5.00. The third-order valence-electron chi connectivity index (χ3n) is 3.36. The summed E-state index contributed by atoms with van der Waals surface area (Å²) in [6, 6.07) is 14.3. The Hall–Kier alpha value is -1.12. The van der Waals surface area contributed by atoms with Gasteiger partial charge < -0.3 is 5.11 Å². The Morgan fingerprint density at radius 1 is 1.10 bits per heavy atom. The van der Waals surface area contributed by atoms with E-state index in [2.05, 4.69) is 41.9 Å². The fourth-order valence-electron chi connectivity index (χ4n) is 2.40. The average Bonchev–Trinajstić information content (AvgIpc) is 2.37. The number of aliphatic hydroxyl groups is 1. The number of rotatable bonds is 4. The van der Waals surface area contributed by atoms with Crippen molar-refractivity contribution in [2.75, 3.05) is 0 Å². The van der Waals surface area contributed by atoms with Crippen LogP contribution in [0.1, 0.15) is 42.2 Å². The average molecular weight is 333 g/mol. The molecule has 106 valence electrons.